The quantitative estimate of drug-likeness (QED) is 0.527. The van der Waals surface area contributed by atoms with Gasteiger partial charge in [0.15, 0.2) is 11.5 Å². The number of nitrogens with zero attached hydrogens (tertiary/aromatic N) is 1. The van der Waals surface area contributed by atoms with E-state index in [4.69, 9.17) is 21.1 Å². The zero-order valence-corrected chi connectivity index (χ0v) is 16.3. The molecule has 26 heavy (non-hydrogen) atoms. The van der Waals surface area contributed by atoms with Gasteiger partial charge in [0, 0.05) is 13.1 Å². The van der Waals surface area contributed by atoms with Crippen molar-refractivity contribution < 1.29 is 22.7 Å². The maximum Gasteiger partial charge on any atom is 0.345 e. The Hall–Kier alpha value is -2.09. The number of para-hydroxylation sites is 2. The second-order valence-corrected chi connectivity index (χ2v) is 7.62. The van der Waals surface area contributed by atoms with Gasteiger partial charge in [0.25, 0.3) is 0 Å². The lowest BCUT2D eigenvalue weighted by Gasteiger charge is -2.19. The fourth-order valence-corrected chi connectivity index (χ4v) is 4.07. The van der Waals surface area contributed by atoms with Crippen LogP contribution in [0, 0.1) is 0 Å². The Bertz CT molecular complexity index is 894. The molecule has 0 aliphatic carbocycles. The van der Waals surface area contributed by atoms with E-state index in [1.165, 1.54) is 29.6 Å². The van der Waals surface area contributed by atoms with E-state index >= 15 is 0 Å². The summed E-state index contributed by atoms with van der Waals surface area (Å²) < 4.78 is 37.1. The highest BCUT2D eigenvalue weighted by Gasteiger charge is 2.24. The normalized spacial score (nSPS) is 11.4. The SMILES string of the molecule is CCN(CC)S(=O)(=O)c1ccc(Cl)c(C(=O)Oc2ccccc2OC)c1. The number of esters is 1. The number of halogens is 1. The van der Waals surface area contributed by atoms with Gasteiger partial charge in [-0.1, -0.05) is 37.6 Å². The first kappa shape index (κ1) is 20.2. The van der Waals surface area contributed by atoms with Crippen LogP contribution in [0.5, 0.6) is 11.5 Å². The van der Waals surface area contributed by atoms with Gasteiger partial charge in [0.05, 0.1) is 22.6 Å². The van der Waals surface area contributed by atoms with Gasteiger partial charge in [0.2, 0.25) is 10.0 Å². The fraction of sp³-hybridized carbons (Fsp3) is 0.278. The van der Waals surface area contributed by atoms with E-state index in [0.29, 0.717) is 18.8 Å². The number of benzene rings is 2. The molecule has 2 rings (SSSR count). The molecule has 0 N–H and O–H groups in total. The second kappa shape index (κ2) is 8.53. The number of hydrogen-bond acceptors (Lipinski definition) is 5. The topological polar surface area (TPSA) is 72.9 Å². The smallest absolute Gasteiger partial charge is 0.345 e. The lowest BCUT2D eigenvalue weighted by molar-refractivity contribution is 0.0729. The fourth-order valence-electron chi connectivity index (χ4n) is 2.39. The lowest BCUT2D eigenvalue weighted by atomic mass is 10.2. The van der Waals surface area contributed by atoms with Crippen LogP contribution in [0.2, 0.25) is 5.02 Å². The van der Waals surface area contributed by atoms with Gasteiger partial charge in [-0.3, -0.25) is 0 Å². The van der Waals surface area contributed by atoms with Gasteiger partial charge in [-0.25, -0.2) is 13.2 Å². The minimum absolute atomic E-state index is 0.0161. The van der Waals surface area contributed by atoms with Crippen LogP contribution in [0.3, 0.4) is 0 Å². The largest absolute Gasteiger partial charge is 0.493 e. The molecule has 0 saturated carbocycles. The Morgan fingerprint density at radius 2 is 1.69 bits per heavy atom. The third kappa shape index (κ3) is 4.17. The molecule has 0 heterocycles. The van der Waals surface area contributed by atoms with E-state index in [1.54, 1.807) is 38.1 Å². The minimum atomic E-state index is -3.72. The predicted octanol–water partition coefficient (Wildman–Crippen LogP) is 3.60. The van der Waals surface area contributed by atoms with Crippen LogP contribution in [-0.2, 0) is 10.0 Å². The molecule has 0 unspecified atom stereocenters. The zero-order valence-electron chi connectivity index (χ0n) is 14.7. The van der Waals surface area contributed by atoms with E-state index < -0.39 is 16.0 Å². The monoisotopic (exact) mass is 397 g/mol. The number of sulfonamides is 1. The van der Waals surface area contributed by atoms with Crippen molar-refractivity contribution in [1.82, 2.24) is 4.31 Å². The van der Waals surface area contributed by atoms with Crippen molar-refractivity contribution in [3.8, 4) is 11.5 Å². The molecule has 0 spiro atoms. The summed E-state index contributed by atoms with van der Waals surface area (Å²) in [5.74, 6) is -0.173. The van der Waals surface area contributed by atoms with Gasteiger partial charge in [0.1, 0.15) is 0 Å². The Kier molecular flexibility index (Phi) is 6.63. The number of methoxy groups -OCH3 is 1. The van der Waals surface area contributed by atoms with Crippen molar-refractivity contribution in [1.29, 1.82) is 0 Å². The summed E-state index contributed by atoms with van der Waals surface area (Å²) in [6.07, 6.45) is 0. The van der Waals surface area contributed by atoms with Crippen LogP contribution in [-0.4, -0.2) is 38.9 Å². The van der Waals surface area contributed by atoms with Gasteiger partial charge in [-0.15, -0.1) is 0 Å². The van der Waals surface area contributed by atoms with Gasteiger partial charge in [-0.2, -0.15) is 4.31 Å². The van der Waals surface area contributed by atoms with Crippen LogP contribution in [0.15, 0.2) is 47.4 Å². The number of hydrogen-bond donors (Lipinski definition) is 0. The highest BCUT2D eigenvalue weighted by atomic mass is 35.5. The number of carbonyl (C=O) groups excluding carboxylic acids is 1. The molecular formula is C18H20ClNO5S. The molecule has 0 atom stereocenters. The Morgan fingerprint density at radius 1 is 1.08 bits per heavy atom. The van der Waals surface area contributed by atoms with E-state index in [-0.39, 0.29) is 21.2 Å². The van der Waals surface area contributed by atoms with E-state index in [0.717, 1.165) is 0 Å². The molecule has 0 fully saturated rings. The third-order valence-corrected chi connectivity index (χ3v) is 6.15. The second-order valence-electron chi connectivity index (χ2n) is 5.27. The first-order valence-electron chi connectivity index (χ1n) is 8.00. The van der Waals surface area contributed by atoms with E-state index in [1.807, 2.05) is 0 Å². The summed E-state index contributed by atoms with van der Waals surface area (Å²) in [6.45, 7) is 4.13. The average molecular weight is 398 g/mol. The van der Waals surface area contributed by atoms with Crippen molar-refractivity contribution in [2.75, 3.05) is 20.2 Å². The molecule has 0 aliphatic rings. The molecular weight excluding hydrogens is 378 g/mol. The Morgan fingerprint density at radius 3 is 2.27 bits per heavy atom. The summed E-state index contributed by atoms with van der Waals surface area (Å²) in [4.78, 5) is 12.5. The maximum atomic E-state index is 12.7. The Labute approximate surface area is 158 Å². The van der Waals surface area contributed by atoms with Crippen LogP contribution < -0.4 is 9.47 Å². The van der Waals surface area contributed by atoms with Crippen LogP contribution in [0.25, 0.3) is 0 Å². The van der Waals surface area contributed by atoms with Crippen molar-refractivity contribution in [2.24, 2.45) is 0 Å². The van der Waals surface area contributed by atoms with Crippen molar-refractivity contribution in [3.05, 3.63) is 53.1 Å². The number of ether oxygens (including phenoxy) is 2. The average Bonchev–Trinajstić information content (AvgIpc) is 2.63. The number of carbonyl (C=O) groups is 1. The summed E-state index contributed by atoms with van der Waals surface area (Å²) in [5, 5.41) is 0.100. The molecule has 2 aromatic carbocycles. The molecule has 0 radical (unpaired) electrons. The van der Waals surface area contributed by atoms with Gasteiger partial charge >= 0.3 is 5.97 Å². The van der Waals surface area contributed by atoms with Crippen molar-refractivity contribution in [3.63, 3.8) is 0 Å². The standard InChI is InChI=1S/C18H20ClNO5S/c1-4-20(5-2)26(22,23)13-10-11-15(19)14(12-13)18(21)25-17-9-7-6-8-16(17)24-3/h6-12H,4-5H2,1-3H3. The highest BCUT2D eigenvalue weighted by molar-refractivity contribution is 7.89. The third-order valence-electron chi connectivity index (χ3n) is 3.77. The Balaban J connectivity index is 2.39. The zero-order chi connectivity index (χ0) is 19.3. The van der Waals surface area contributed by atoms with E-state index in [2.05, 4.69) is 0 Å². The first-order valence-corrected chi connectivity index (χ1v) is 9.81. The molecule has 8 heteroatoms. The number of rotatable bonds is 7. The molecule has 0 amide bonds. The van der Waals surface area contributed by atoms with Gasteiger partial charge < -0.3 is 9.47 Å². The first-order chi connectivity index (χ1) is 12.3. The molecule has 140 valence electrons. The van der Waals surface area contributed by atoms with Crippen molar-refractivity contribution >= 4 is 27.6 Å². The molecule has 0 aromatic heterocycles. The molecule has 0 bridgehead atoms. The molecule has 2 aromatic rings. The maximum absolute atomic E-state index is 12.7. The van der Waals surface area contributed by atoms with Gasteiger partial charge in [-0.05, 0) is 30.3 Å². The summed E-state index contributed by atoms with van der Waals surface area (Å²) in [6, 6.07) is 10.6. The predicted molar refractivity (Wildman–Crippen MR) is 99.5 cm³/mol. The van der Waals surface area contributed by atoms with Crippen LogP contribution >= 0.6 is 11.6 Å². The molecule has 0 saturated heterocycles. The lowest BCUT2D eigenvalue weighted by Crippen LogP contribution is -2.30. The molecule has 0 aliphatic heterocycles. The van der Waals surface area contributed by atoms with Crippen molar-refractivity contribution in [2.45, 2.75) is 18.7 Å². The molecule has 6 nitrogen and oxygen atoms in total. The minimum Gasteiger partial charge on any atom is -0.493 e. The van der Waals surface area contributed by atoms with E-state index in [9.17, 15) is 13.2 Å². The summed E-state index contributed by atoms with van der Waals surface area (Å²) >= 11 is 6.09. The highest BCUT2D eigenvalue weighted by Crippen LogP contribution is 2.29. The summed E-state index contributed by atoms with van der Waals surface area (Å²) in [5.41, 5.74) is -0.0363. The summed E-state index contributed by atoms with van der Waals surface area (Å²) in [7, 11) is -2.26. The van der Waals surface area contributed by atoms with Crippen LogP contribution in [0.1, 0.15) is 24.2 Å². The van der Waals surface area contributed by atoms with Crippen LogP contribution in [0.4, 0.5) is 0 Å².